The second-order valence-corrected chi connectivity index (χ2v) is 5.49. The number of nitrogens with zero attached hydrogens (tertiary/aromatic N) is 3. The molecule has 126 valence electrons. The molecule has 0 bridgehead atoms. The van der Waals surface area contributed by atoms with E-state index in [4.69, 9.17) is 15.8 Å². The van der Waals surface area contributed by atoms with Crippen molar-refractivity contribution in [2.75, 3.05) is 10.6 Å². The van der Waals surface area contributed by atoms with Crippen molar-refractivity contribution in [1.29, 1.82) is 15.8 Å². The molecule has 0 aromatic heterocycles. The van der Waals surface area contributed by atoms with Crippen LogP contribution in [0.2, 0.25) is 0 Å². The predicted molar refractivity (Wildman–Crippen MR) is 97.8 cm³/mol. The number of anilines is 2. The van der Waals surface area contributed by atoms with Gasteiger partial charge in [0.25, 0.3) is 5.91 Å². The zero-order valence-electron chi connectivity index (χ0n) is 14.3. The third kappa shape index (κ3) is 4.06. The van der Waals surface area contributed by atoms with Gasteiger partial charge in [0.05, 0.1) is 0 Å². The Kier molecular flexibility index (Phi) is 5.72. The van der Waals surface area contributed by atoms with Crippen molar-refractivity contribution in [3.8, 4) is 18.2 Å². The summed E-state index contributed by atoms with van der Waals surface area (Å²) in [5.74, 6) is -0.254. The summed E-state index contributed by atoms with van der Waals surface area (Å²) in [6.07, 6.45) is 0. The first kappa shape index (κ1) is 18.3. The first-order valence-electron chi connectivity index (χ1n) is 7.69. The highest BCUT2D eigenvalue weighted by Crippen LogP contribution is 2.20. The third-order valence-electron chi connectivity index (χ3n) is 3.85. The minimum Gasteiger partial charge on any atom is -0.345 e. The molecule has 0 spiro atoms. The van der Waals surface area contributed by atoms with Crippen LogP contribution in [0.4, 0.5) is 11.4 Å². The van der Waals surface area contributed by atoms with Gasteiger partial charge in [-0.2, -0.15) is 15.8 Å². The molecule has 0 aliphatic rings. The molecule has 6 nitrogen and oxygen atoms in total. The van der Waals surface area contributed by atoms with Gasteiger partial charge in [0.2, 0.25) is 0 Å². The summed E-state index contributed by atoms with van der Waals surface area (Å²) in [7, 11) is 0. The lowest BCUT2D eigenvalue weighted by atomic mass is 10.1. The number of hydrogen-bond donors (Lipinski definition) is 2. The van der Waals surface area contributed by atoms with Gasteiger partial charge in [-0.1, -0.05) is 12.1 Å². The van der Waals surface area contributed by atoms with Crippen LogP contribution in [0.3, 0.4) is 0 Å². The van der Waals surface area contributed by atoms with Crippen LogP contribution in [0.25, 0.3) is 0 Å². The summed E-state index contributed by atoms with van der Waals surface area (Å²) in [5, 5.41) is 32.3. The second kappa shape index (κ2) is 8.15. The number of carbonyl (C=O) groups is 1. The molecule has 2 aromatic rings. The van der Waals surface area contributed by atoms with E-state index in [1.807, 2.05) is 32.0 Å². The maximum Gasteiger partial charge on any atom is 0.255 e. The fraction of sp³-hybridized carbons (Fsp3) is 0.100. The normalized spacial score (nSPS) is 9.19. The van der Waals surface area contributed by atoms with Gasteiger partial charge in [-0.3, -0.25) is 4.79 Å². The van der Waals surface area contributed by atoms with Crippen LogP contribution >= 0.6 is 0 Å². The number of benzene rings is 2. The Balaban J connectivity index is 2.17. The average molecular weight is 341 g/mol. The summed E-state index contributed by atoms with van der Waals surface area (Å²) < 4.78 is 0. The lowest BCUT2D eigenvalue weighted by Gasteiger charge is -2.11. The van der Waals surface area contributed by atoms with Crippen LogP contribution < -0.4 is 10.6 Å². The number of allylic oxidation sites excluding steroid dienone is 2. The molecule has 0 fully saturated rings. The summed E-state index contributed by atoms with van der Waals surface area (Å²) in [4.78, 5) is 12.4. The van der Waals surface area contributed by atoms with Crippen LogP contribution in [-0.4, -0.2) is 5.91 Å². The molecule has 6 heteroatoms. The molecule has 2 aromatic carbocycles. The molecule has 0 saturated carbocycles. The molecule has 0 atom stereocenters. The third-order valence-corrected chi connectivity index (χ3v) is 3.85. The number of amides is 1. The SMILES string of the molecule is Cc1cccc(NC(=O)c2ccc(NC(C#N)=C(C#N)C#N)cc2)c1C. The van der Waals surface area contributed by atoms with E-state index in [0.29, 0.717) is 11.3 Å². The highest BCUT2D eigenvalue weighted by molar-refractivity contribution is 6.04. The number of nitriles is 3. The van der Waals surface area contributed by atoms with Crippen molar-refractivity contribution >= 4 is 17.3 Å². The lowest BCUT2D eigenvalue weighted by molar-refractivity contribution is 0.102. The number of aryl methyl sites for hydroxylation is 1. The molecule has 0 heterocycles. The van der Waals surface area contributed by atoms with Gasteiger partial charge in [-0.15, -0.1) is 0 Å². The van der Waals surface area contributed by atoms with Crippen LogP contribution in [0.5, 0.6) is 0 Å². The molecule has 0 aliphatic heterocycles. The number of carbonyl (C=O) groups excluding carboxylic acids is 1. The molecule has 2 rings (SSSR count). The fourth-order valence-electron chi connectivity index (χ4n) is 2.21. The molecular formula is C20H15N5O. The van der Waals surface area contributed by atoms with E-state index in [2.05, 4.69) is 10.6 Å². The summed E-state index contributed by atoms with van der Waals surface area (Å²) in [5.41, 5.74) is 3.34. The fourth-order valence-corrected chi connectivity index (χ4v) is 2.21. The molecular weight excluding hydrogens is 326 g/mol. The Morgan fingerprint density at radius 2 is 1.54 bits per heavy atom. The van der Waals surface area contributed by atoms with Gasteiger partial charge in [0, 0.05) is 16.9 Å². The van der Waals surface area contributed by atoms with Crippen molar-refractivity contribution in [1.82, 2.24) is 0 Å². The number of hydrogen-bond acceptors (Lipinski definition) is 5. The Labute approximate surface area is 151 Å². The van der Waals surface area contributed by atoms with Gasteiger partial charge >= 0.3 is 0 Å². The summed E-state index contributed by atoms with van der Waals surface area (Å²) in [6, 6.07) is 17.2. The molecule has 0 radical (unpaired) electrons. The topological polar surface area (TPSA) is 112 Å². The molecule has 0 aliphatic carbocycles. The smallest absolute Gasteiger partial charge is 0.255 e. The maximum atomic E-state index is 12.4. The zero-order chi connectivity index (χ0) is 19.1. The monoisotopic (exact) mass is 341 g/mol. The van der Waals surface area contributed by atoms with Crippen LogP contribution in [0.15, 0.2) is 53.7 Å². The van der Waals surface area contributed by atoms with Crippen LogP contribution in [0, 0.1) is 47.8 Å². The Morgan fingerprint density at radius 3 is 2.12 bits per heavy atom. The van der Waals surface area contributed by atoms with Crippen molar-refractivity contribution < 1.29 is 4.79 Å². The largest absolute Gasteiger partial charge is 0.345 e. The van der Waals surface area contributed by atoms with Crippen molar-refractivity contribution in [2.24, 2.45) is 0 Å². The van der Waals surface area contributed by atoms with E-state index in [-0.39, 0.29) is 17.2 Å². The molecule has 0 unspecified atom stereocenters. The highest BCUT2D eigenvalue weighted by atomic mass is 16.1. The summed E-state index contributed by atoms with van der Waals surface area (Å²) >= 11 is 0. The van der Waals surface area contributed by atoms with Crippen LogP contribution in [-0.2, 0) is 0 Å². The zero-order valence-corrected chi connectivity index (χ0v) is 14.3. The van der Waals surface area contributed by atoms with E-state index in [9.17, 15) is 4.79 Å². The minimum absolute atomic E-state index is 0.136. The molecule has 2 N–H and O–H groups in total. The van der Waals surface area contributed by atoms with Gasteiger partial charge in [0.15, 0.2) is 5.57 Å². The van der Waals surface area contributed by atoms with Gasteiger partial charge in [-0.25, -0.2) is 0 Å². The second-order valence-electron chi connectivity index (χ2n) is 5.49. The van der Waals surface area contributed by atoms with Crippen molar-refractivity contribution in [3.05, 3.63) is 70.4 Å². The molecule has 0 saturated heterocycles. The van der Waals surface area contributed by atoms with Gasteiger partial charge in [0.1, 0.15) is 23.9 Å². The van der Waals surface area contributed by atoms with E-state index in [1.54, 1.807) is 42.5 Å². The van der Waals surface area contributed by atoms with Crippen molar-refractivity contribution in [2.45, 2.75) is 13.8 Å². The van der Waals surface area contributed by atoms with Gasteiger partial charge < -0.3 is 10.6 Å². The highest BCUT2D eigenvalue weighted by Gasteiger charge is 2.10. The predicted octanol–water partition coefficient (Wildman–Crippen LogP) is 3.79. The van der Waals surface area contributed by atoms with Crippen molar-refractivity contribution in [3.63, 3.8) is 0 Å². The Hall–Kier alpha value is -4.08. The summed E-state index contributed by atoms with van der Waals surface area (Å²) in [6.45, 7) is 3.91. The quantitative estimate of drug-likeness (QED) is 0.821. The van der Waals surface area contributed by atoms with E-state index in [1.165, 1.54) is 0 Å². The Bertz CT molecular complexity index is 982. The average Bonchev–Trinajstić information content (AvgIpc) is 2.66. The minimum atomic E-state index is -0.302. The van der Waals surface area contributed by atoms with Gasteiger partial charge in [-0.05, 0) is 55.3 Å². The van der Waals surface area contributed by atoms with E-state index < -0.39 is 0 Å². The number of rotatable bonds is 4. The first-order chi connectivity index (χ1) is 12.5. The first-order valence-corrected chi connectivity index (χ1v) is 7.69. The molecule has 1 amide bonds. The molecule has 26 heavy (non-hydrogen) atoms. The maximum absolute atomic E-state index is 12.4. The Morgan fingerprint density at radius 1 is 0.885 bits per heavy atom. The van der Waals surface area contributed by atoms with Crippen LogP contribution in [0.1, 0.15) is 21.5 Å². The lowest BCUT2D eigenvalue weighted by Crippen LogP contribution is -2.13. The standard InChI is InChI=1S/C20H15N5O/c1-13-4-3-5-18(14(13)2)25-20(26)15-6-8-17(9-7-15)24-19(12-23)16(10-21)11-22/h3-9,24H,1-2H3,(H,25,26). The van der Waals surface area contributed by atoms with E-state index >= 15 is 0 Å². The number of nitrogens with one attached hydrogen (secondary N) is 2. The van der Waals surface area contributed by atoms with E-state index in [0.717, 1.165) is 16.8 Å².